The molecule has 0 aliphatic rings. The van der Waals surface area contributed by atoms with E-state index in [1.165, 1.54) is 33.8 Å². The Hall–Kier alpha value is -1.55. The third-order valence-electron chi connectivity index (χ3n) is 3.82. The second-order valence-corrected chi connectivity index (χ2v) is 7.66. The first kappa shape index (κ1) is 16.8. The van der Waals surface area contributed by atoms with Crippen LogP contribution in [0.15, 0.2) is 23.2 Å². The molecule has 0 aliphatic heterocycles. The average molecular weight is 317 g/mol. The molecule has 1 heterocycles. The molecule has 0 radical (unpaired) electrons. The van der Waals surface area contributed by atoms with E-state index in [1.807, 2.05) is 26.8 Å². The summed E-state index contributed by atoms with van der Waals surface area (Å²) in [5, 5.41) is 2.03. The summed E-state index contributed by atoms with van der Waals surface area (Å²) < 4.78 is 4.50. The number of ether oxygens (including phenoxy) is 1. The highest BCUT2D eigenvalue weighted by molar-refractivity contribution is 8.01. The van der Waals surface area contributed by atoms with Crippen LogP contribution in [0.25, 0.3) is 10.9 Å². The summed E-state index contributed by atoms with van der Waals surface area (Å²) in [7, 11) is 0. The van der Waals surface area contributed by atoms with E-state index in [1.54, 1.807) is 0 Å². The van der Waals surface area contributed by atoms with Crippen molar-refractivity contribution in [2.24, 2.45) is 0 Å². The standard InChI is InChI=1S/C18H23NO2S/c1-7-21-17(20)18(5,6)22-15-10-12(3)14-9-8-11(2)13(4)16(14)19-15/h8-10H,7H2,1-6H3. The average Bonchev–Trinajstić information content (AvgIpc) is 2.43. The van der Waals surface area contributed by atoms with E-state index in [0.717, 1.165) is 10.5 Å². The number of carbonyl (C=O) groups is 1. The Labute approximate surface area is 136 Å². The summed E-state index contributed by atoms with van der Waals surface area (Å²) >= 11 is 1.45. The summed E-state index contributed by atoms with van der Waals surface area (Å²) in [6.07, 6.45) is 0. The molecule has 2 rings (SSSR count). The van der Waals surface area contributed by atoms with Crippen molar-refractivity contribution in [3.05, 3.63) is 34.9 Å². The molecule has 1 aromatic carbocycles. The minimum Gasteiger partial charge on any atom is -0.465 e. The van der Waals surface area contributed by atoms with Crippen LogP contribution in [-0.4, -0.2) is 22.3 Å². The zero-order valence-corrected chi connectivity index (χ0v) is 14.9. The van der Waals surface area contributed by atoms with Crippen molar-refractivity contribution in [3.63, 3.8) is 0 Å². The van der Waals surface area contributed by atoms with E-state index in [4.69, 9.17) is 9.72 Å². The number of aryl methyl sites for hydroxylation is 3. The van der Waals surface area contributed by atoms with Gasteiger partial charge in [-0.15, -0.1) is 0 Å². The molecule has 22 heavy (non-hydrogen) atoms. The minimum atomic E-state index is -0.652. The third kappa shape index (κ3) is 3.27. The fraction of sp³-hybridized carbons (Fsp3) is 0.444. The topological polar surface area (TPSA) is 39.2 Å². The van der Waals surface area contributed by atoms with Crippen LogP contribution in [0.5, 0.6) is 0 Å². The molecule has 0 saturated heterocycles. The van der Waals surface area contributed by atoms with Crippen LogP contribution >= 0.6 is 11.8 Å². The fourth-order valence-corrected chi connectivity index (χ4v) is 3.37. The van der Waals surface area contributed by atoms with Crippen LogP contribution in [-0.2, 0) is 9.53 Å². The van der Waals surface area contributed by atoms with Gasteiger partial charge in [-0.25, -0.2) is 4.98 Å². The van der Waals surface area contributed by atoms with Gasteiger partial charge in [-0.05, 0) is 64.3 Å². The van der Waals surface area contributed by atoms with Gasteiger partial charge in [0.05, 0.1) is 17.1 Å². The molecule has 0 fully saturated rings. The number of fused-ring (bicyclic) bond motifs is 1. The molecule has 118 valence electrons. The van der Waals surface area contributed by atoms with Crippen LogP contribution in [0.3, 0.4) is 0 Å². The molecule has 1 aromatic heterocycles. The van der Waals surface area contributed by atoms with E-state index in [-0.39, 0.29) is 5.97 Å². The first-order chi connectivity index (χ1) is 10.3. The van der Waals surface area contributed by atoms with Crippen molar-refractivity contribution in [3.8, 4) is 0 Å². The zero-order chi connectivity index (χ0) is 16.5. The summed E-state index contributed by atoms with van der Waals surface area (Å²) in [4.78, 5) is 16.8. The smallest absolute Gasteiger partial charge is 0.322 e. The van der Waals surface area contributed by atoms with Gasteiger partial charge in [0, 0.05) is 5.39 Å². The number of benzene rings is 1. The maximum Gasteiger partial charge on any atom is 0.322 e. The first-order valence-electron chi connectivity index (χ1n) is 7.50. The maximum absolute atomic E-state index is 12.1. The summed E-state index contributed by atoms with van der Waals surface area (Å²) in [6, 6.07) is 6.29. The summed E-state index contributed by atoms with van der Waals surface area (Å²) in [6.45, 7) is 12.2. The molecular formula is C18H23NO2S. The zero-order valence-electron chi connectivity index (χ0n) is 14.1. The summed E-state index contributed by atoms with van der Waals surface area (Å²) in [5.74, 6) is -0.208. The number of thioether (sulfide) groups is 1. The SMILES string of the molecule is CCOC(=O)C(C)(C)Sc1cc(C)c2ccc(C)c(C)c2n1. The lowest BCUT2D eigenvalue weighted by atomic mass is 10.0. The Kier molecular flexibility index (Phi) is 4.81. The number of carbonyl (C=O) groups excluding carboxylic acids is 1. The number of esters is 1. The first-order valence-corrected chi connectivity index (χ1v) is 8.31. The molecule has 0 aliphatic carbocycles. The molecule has 0 N–H and O–H groups in total. The van der Waals surface area contributed by atoms with E-state index in [2.05, 4.69) is 32.9 Å². The third-order valence-corrected chi connectivity index (χ3v) is 4.91. The van der Waals surface area contributed by atoms with Crippen LogP contribution in [0.4, 0.5) is 0 Å². The molecule has 2 aromatic rings. The lowest BCUT2D eigenvalue weighted by molar-refractivity contribution is -0.145. The number of hydrogen-bond acceptors (Lipinski definition) is 4. The van der Waals surface area contributed by atoms with Crippen LogP contribution in [0.2, 0.25) is 0 Å². The monoisotopic (exact) mass is 317 g/mol. The van der Waals surface area contributed by atoms with Crippen molar-refractivity contribution < 1.29 is 9.53 Å². The van der Waals surface area contributed by atoms with E-state index in [0.29, 0.717) is 6.61 Å². The lowest BCUT2D eigenvalue weighted by Gasteiger charge is -2.21. The highest BCUT2D eigenvalue weighted by atomic mass is 32.2. The number of aromatic nitrogens is 1. The quantitative estimate of drug-likeness (QED) is 0.610. The Morgan fingerprint density at radius 1 is 1.23 bits per heavy atom. The molecule has 0 bridgehead atoms. The van der Waals surface area contributed by atoms with Gasteiger partial charge in [0.15, 0.2) is 0 Å². The van der Waals surface area contributed by atoms with Crippen molar-refractivity contribution in [1.29, 1.82) is 0 Å². The Morgan fingerprint density at radius 3 is 2.55 bits per heavy atom. The van der Waals surface area contributed by atoms with E-state index >= 15 is 0 Å². The van der Waals surface area contributed by atoms with Gasteiger partial charge >= 0.3 is 5.97 Å². The molecule has 4 heteroatoms. The van der Waals surface area contributed by atoms with Gasteiger partial charge < -0.3 is 4.74 Å². The van der Waals surface area contributed by atoms with Crippen LogP contribution < -0.4 is 0 Å². The van der Waals surface area contributed by atoms with Gasteiger partial charge in [-0.3, -0.25) is 4.79 Å². The van der Waals surface area contributed by atoms with Crippen LogP contribution in [0, 0.1) is 20.8 Å². The number of hydrogen-bond donors (Lipinski definition) is 0. The molecule has 0 spiro atoms. The second kappa shape index (κ2) is 6.29. The lowest BCUT2D eigenvalue weighted by Crippen LogP contribution is -2.30. The number of nitrogens with zero attached hydrogens (tertiary/aromatic N) is 1. The van der Waals surface area contributed by atoms with Gasteiger partial charge in [-0.1, -0.05) is 23.9 Å². The fourth-order valence-electron chi connectivity index (χ4n) is 2.33. The van der Waals surface area contributed by atoms with E-state index in [9.17, 15) is 4.79 Å². The number of pyridine rings is 1. The van der Waals surface area contributed by atoms with Crippen LogP contribution in [0.1, 0.15) is 37.5 Å². The largest absolute Gasteiger partial charge is 0.465 e. The molecule has 0 atom stereocenters. The molecule has 0 saturated carbocycles. The van der Waals surface area contributed by atoms with E-state index < -0.39 is 4.75 Å². The van der Waals surface area contributed by atoms with Gasteiger partial charge in [-0.2, -0.15) is 0 Å². The Balaban J connectivity index is 2.45. The van der Waals surface area contributed by atoms with Crippen molar-refractivity contribution in [2.45, 2.75) is 51.3 Å². The van der Waals surface area contributed by atoms with Gasteiger partial charge in [0.2, 0.25) is 0 Å². The molecular weight excluding hydrogens is 294 g/mol. The molecule has 3 nitrogen and oxygen atoms in total. The highest BCUT2D eigenvalue weighted by Gasteiger charge is 2.31. The second-order valence-electron chi connectivity index (χ2n) is 6.01. The highest BCUT2D eigenvalue weighted by Crippen LogP contribution is 2.35. The maximum atomic E-state index is 12.1. The Bertz CT molecular complexity index is 723. The molecule has 0 amide bonds. The normalized spacial score (nSPS) is 11.7. The van der Waals surface area contributed by atoms with Crippen molar-refractivity contribution in [2.75, 3.05) is 6.61 Å². The van der Waals surface area contributed by atoms with Gasteiger partial charge in [0.1, 0.15) is 4.75 Å². The number of rotatable bonds is 4. The molecule has 0 unspecified atom stereocenters. The minimum absolute atomic E-state index is 0.208. The predicted octanol–water partition coefficient (Wildman–Crippen LogP) is 4.59. The summed E-state index contributed by atoms with van der Waals surface area (Å²) in [5.41, 5.74) is 4.61. The van der Waals surface area contributed by atoms with Gasteiger partial charge in [0.25, 0.3) is 0 Å². The van der Waals surface area contributed by atoms with Crippen molar-refractivity contribution in [1.82, 2.24) is 4.98 Å². The predicted molar refractivity (Wildman–Crippen MR) is 92.5 cm³/mol. The van der Waals surface area contributed by atoms with Crippen molar-refractivity contribution >= 4 is 28.6 Å². The Morgan fingerprint density at radius 2 is 1.91 bits per heavy atom.